The molecule has 2 heterocycles. The monoisotopic (exact) mass is 352 g/mol. The van der Waals surface area contributed by atoms with Crippen LogP contribution in [-0.4, -0.2) is 24.1 Å². The van der Waals surface area contributed by atoms with E-state index in [9.17, 15) is 17.2 Å². The second-order valence-corrected chi connectivity index (χ2v) is 7.54. The van der Waals surface area contributed by atoms with E-state index >= 15 is 0 Å². The molecular formula is C16H14F2N2O3S. The van der Waals surface area contributed by atoms with Crippen molar-refractivity contribution in [1.29, 1.82) is 0 Å². The van der Waals surface area contributed by atoms with Crippen molar-refractivity contribution in [2.45, 2.75) is 24.8 Å². The van der Waals surface area contributed by atoms with Gasteiger partial charge in [-0.1, -0.05) is 6.92 Å². The molecule has 0 aliphatic carbocycles. The fourth-order valence-electron chi connectivity index (χ4n) is 2.25. The summed E-state index contributed by atoms with van der Waals surface area (Å²) in [7, 11) is -3.58. The maximum atomic E-state index is 13.4. The number of benzene rings is 1. The van der Waals surface area contributed by atoms with Crippen molar-refractivity contribution in [3.8, 4) is 11.5 Å². The number of halogens is 2. The van der Waals surface area contributed by atoms with Crippen LogP contribution in [-0.2, 0) is 15.8 Å². The summed E-state index contributed by atoms with van der Waals surface area (Å²) in [5, 5.41) is -0.139. The third-order valence-electron chi connectivity index (χ3n) is 3.57. The first-order valence-electron chi connectivity index (χ1n) is 7.19. The summed E-state index contributed by atoms with van der Waals surface area (Å²) in [4.78, 5) is 8.08. The van der Waals surface area contributed by atoms with E-state index in [1.165, 1.54) is 37.4 Å². The molecule has 0 fully saturated rings. The summed E-state index contributed by atoms with van der Waals surface area (Å²) < 4.78 is 56.7. The van der Waals surface area contributed by atoms with E-state index in [1.54, 1.807) is 6.07 Å². The normalized spacial score (nSPS) is 12.7. The molecule has 0 saturated carbocycles. The Balaban J connectivity index is 2.18. The van der Waals surface area contributed by atoms with Gasteiger partial charge in [0.05, 0.1) is 11.3 Å². The number of nitrogens with zero attached hydrogens (tertiary/aromatic N) is 2. The minimum absolute atomic E-state index is 0.0293. The molecule has 2 aromatic heterocycles. The summed E-state index contributed by atoms with van der Waals surface area (Å²) >= 11 is 0. The standard InChI is InChI=1S/C16H14F2N2O3S/c1-3-24(21,22)15-11(5-4-8-19-15)14-20-12-9-10(16(2,17)18)6-7-13(12)23-14/h4-9H,3H2,1-2H3. The molecule has 1 aromatic carbocycles. The number of oxazole rings is 1. The number of sulfone groups is 1. The molecular weight excluding hydrogens is 338 g/mol. The van der Waals surface area contributed by atoms with Crippen LogP contribution in [0.25, 0.3) is 22.6 Å². The first-order valence-corrected chi connectivity index (χ1v) is 8.84. The number of fused-ring (bicyclic) bond motifs is 1. The van der Waals surface area contributed by atoms with E-state index in [-0.39, 0.29) is 33.3 Å². The third-order valence-corrected chi connectivity index (χ3v) is 5.25. The van der Waals surface area contributed by atoms with Crippen LogP contribution in [0.3, 0.4) is 0 Å². The minimum atomic E-state index is -3.58. The highest BCUT2D eigenvalue weighted by Crippen LogP contribution is 2.32. The average Bonchev–Trinajstić information content (AvgIpc) is 2.97. The van der Waals surface area contributed by atoms with Crippen molar-refractivity contribution in [2.75, 3.05) is 5.75 Å². The largest absolute Gasteiger partial charge is 0.436 e. The van der Waals surface area contributed by atoms with Gasteiger partial charge < -0.3 is 4.42 Å². The Bertz CT molecular complexity index is 1010. The maximum absolute atomic E-state index is 13.4. The SMILES string of the molecule is CCS(=O)(=O)c1ncccc1-c1nc2cc(C(C)(F)F)ccc2o1. The molecule has 126 valence electrons. The summed E-state index contributed by atoms with van der Waals surface area (Å²) in [5.74, 6) is -3.09. The number of rotatable bonds is 4. The molecule has 0 radical (unpaired) electrons. The van der Waals surface area contributed by atoms with Crippen LogP contribution in [0.5, 0.6) is 0 Å². The van der Waals surface area contributed by atoms with E-state index in [0.29, 0.717) is 5.58 Å². The van der Waals surface area contributed by atoms with Crippen LogP contribution >= 0.6 is 0 Å². The number of aromatic nitrogens is 2. The lowest BCUT2D eigenvalue weighted by Crippen LogP contribution is -2.07. The molecule has 0 amide bonds. The molecule has 0 saturated heterocycles. The second-order valence-electron chi connectivity index (χ2n) is 5.35. The molecule has 0 bridgehead atoms. The summed E-state index contributed by atoms with van der Waals surface area (Å²) in [5.41, 5.74) is 0.539. The predicted octanol–water partition coefficient (Wildman–Crippen LogP) is 3.80. The van der Waals surface area contributed by atoms with Crippen molar-refractivity contribution in [1.82, 2.24) is 9.97 Å². The number of hydrogen-bond acceptors (Lipinski definition) is 5. The third kappa shape index (κ3) is 2.89. The lowest BCUT2D eigenvalue weighted by Gasteiger charge is -2.09. The highest BCUT2D eigenvalue weighted by atomic mass is 32.2. The maximum Gasteiger partial charge on any atom is 0.270 e. The molecule has 3 rings (SSSR count). The molecule has 3 aromatic rings. The Morgan fingerprint density at radius 2 is 2.00 bits per heavy atom. The van der Waals surface area contributed by atoms with Crippen molar-refractivity contribution >= 4 is 20.9 Å². The van der Waals surface area contributed by atoms with Crippen LogP contribution in [0.1, 0.15) is 19.4 Å². The highest BCUT2D eigenvalue weighted by molar-refractivity contribution is 7.91. The van der Waals surface area contributed by atoms with Gasteiger partial charge in [-0.15, -0.1) is 0 Å². The Labute approximate surface area is 137 Å². The zero-order valence-corrected chi connectivity index (χ0v) is 13.8. The Morgan fingerprint density at radius 1 is 1.25 bits per heavy atom. The molecule has 0 N–H and O–H groups in total. The fraction of sp³-hybridized carbons (Fsp3) is 0.250. The van der Waals surface area contributed by atoms with Gasteiger partial charge in [-0.05, 0) is 30.3 Å². The number of alkyl halides is 2. The van der Waals surface area contributed by atoms with E-state index in [0.717, 1.165) is 6.92 Å². The molecule has 0 aliphatic rings. The van der Waals surface area contributed by atoms with Gasteiger partial charge in [0.1, 0.15) is 5.52 Å². The van der Waals surface area contributed by atoms with E-state index in [4.69, 9.17) is 4.42 Å². The topological polar surface area (TPSA) is 73.1 Å². The second kappa shape index (κ2) is 5.62. The van der Waals surface area contributed by atoms with Gasteiger partial charge in [0.25, 0.3) is 5.92 Å². The fourth-order valence-corrected chi connectivity index (χ4v) is 3.24. The summed E-state index contributed by atoms with van der Waals surface area (Å²) in [6.45, 7) is 2.30. The van der Waals surface area contributed by atoms with Crippen LogP contribution in [0, 0.1) is 0 Å². The van der Waals surface area contributed by atoms with Gasteiger partial charge in [-0.3, -0.25) is 0 Å². The quantitative estimate of drug-likeness (QED) is 0.714. The summed E-state index contributed by atoms with van der Waals surface area (Å²) in [6.07, 6.45) is 1.37. The first kappa shape index (κ1) is 16.5. The van der Waals surface area contributed by atoms with Gasteiger partial charge in [-0.2, -0.15) is 0 Å². The van der Waals surface area contributed by atoms with Crippen LogP contribution in [0.2, 0.25) is 0 Å². The van der Waals surface area contributed by atoms with Crippen molar-refractivity contribution in [3.63, 3.8) is 0 Å². The smallest absolute Gasteiger partial charge is 0.270 e. The van der Waals surface area contributed by atoms with Gasteiger partial charge in [0.2, 0.25) is 5.89 Å². The van der Waals surface area contributed by atoms with Crippen molar-refractivity contribution in [2.24, 2.45) is 0 Å². The number of hydrogen-bond donors (Lipinski definition) is 0. The van der Waals surface area contributed by atoms with Gasteiger partial charge >= 0.3 is 0 Å². The molecule has 0 atom stereocenters. The number of pyridine rings is 1. The molecule has 0 spiro atoms. The molecule has 0 aliphatic heterocycles. The van der Waals surface area contributed by atoms with Crippen LogP contribution in [0.15, 0.2) is 46.0 Å². The van der Waals surface area contributed by atoms with Crippen LogP contribution in [0.4, 0.5) is 8.78 Å². The minimum Gasteiger partial charge on any atom is -0.436 e. The van der Waals surface area contributed by atoms with E-state index < -0.39 is 15.8 Å². The average molecular weight is 352 g/mol. The van der Waals surface area contributed by atoms with E-state index in [2.05, 4.69) is 9.97 Å². The first-order chi connectivity index (χ1) is 11.2. The Hall–Kier alpha value is -2.35. The van der Waals surface area contributed by atoms with E-state index in [1.807, 2.05) is 0 Å². The summed E-state index contributed by atoms with van der Waals surface area (Å²) in [6, 6.07) is 6.96. The molecule has 24 heavy (non-hydrogen) atoms. The predicted molar refractivity (Wildman–Crippen MR) is 84.5 cm³/mol. The molecule has 8 heteroatoms. The van der Waals surface area contributed by atoms with Crippen molar-refractivity contribution in [3.05, 3.63) is 42.1 Å². The zero-order chi connectivity index (χ0) is 17.5. The Kier molecular flexibility index (Phi) is 3.87. The lowest BCUT2D eigenvalue weighted by atomic mass is 10.1. The van der Waals surface area contributed by atoms with Crippen LogP contribution < -0.4 is 0 Å². The van der Waals surface area contributed by atoms with Gasteiger partial charge in [0.15, 0.2) is 20.4 Å². The Morgan fingerprint density at radius 3 is 2.67 bits per heavy atom. The van der Waals surface area contributed by atoms with Gasteiger partial charge in [0, 0.05) is 18.7 Å². The molecule has 5 nitrogen and oxygen atoms in total. The van der Waals surface area contributed by atoms with Gasteiger partial charge in [-0.25, -0.2) is 27.2 Å². The molecule has 0 unspecified atom stereocenters. The highest BCUT2D eigenvalue weighted by Gasteiger charge is 2.26. The van der Waals surface area contributed by atoms with Crippen molar-refractivity contribution < 1.29 is 21.6 Å². The zero-order valence-electron chi connectivity index (χ0n) is 13.0. The lowest BCUT2D eigenvalue weighted by molar-refractivity contribution is 0.0176.